The molecule has 0 aliphatic heterocycles. The van der Waals surface area contributed by atoms with Gasteiger partial charge in [0, 0.05) is 6.61 Å². The van der Waals surface area contributed by atoms with Crippen molar-refractivity contribution in [1.29, 1.82) is 5.26 Å². The standard InChI is InChI=1S/C12H14N4O3/c1-3-4-17-7-11-14-12(19-16-11)5-10-9(6-13)8(2)18-15-10/h3-5,7H2,1-2H3. The average molecular weight is 262 g/mol. The molecule has 7 heteroatoms. The summed E-state index contributed by atoms with van der Waals surface area (Å²) in [6.45, 7) is 4.69. The molecule has 0 fully saturated rings. The van der Waals surface area contributed by atoms with Gasteiger partial charge in [0.1, 0.15) is 23.9 Å². The lowest BCUT2D eigenvalue weighted by Gasteiger charge is -1.95. The van der Waals surface area contributed by atoms with Crippen molar-refractivity contribution in [2.24, 2.45) is 0 Å². The molecular weight excluding hydrogens is 248 g/mol. The van der Waals surface area contributed by atoms with Gasteiger partial charge in [0.25, 0.3) is 0 Å². The Hall–Kier alpha value is -2.20. The second kappa shape index (κ2) is 6.11. The zero-order chi connectivity index (χ0) is 13.7. The average Bonchev–Trinajstić information content (AvgIpc) is 2.98. The van der Waals surface area contributed by atoms with Gasteiger partial charge < -0.3 is 13.8 Å². The first kappa shape index (κ1) is 13.2. The van der Waals surface area contributed by atoms with E-state index in [4.69, 9.17) is 19.0 Å². The van der Waals surface area contributed by atoms with E-state index in [2.05, 4.69) is 15.3 Å². The second-order valence-electron chi connectivity index (χ2n) is 4.01. The third kappa shape index (κ3) is 3.17. The van der Waals surface area contributed by atoms with Crippen LogP contribution in [0.5, 0.6) is 0 Å². The van der Waals surface area contributed by atoms with Gasteiger partial charge in [-0.2, -0.15) is 10.2 Å². The van der Waals surface area contributed by atoms with Crippen LogP contribution in [0.15, 0.2) is 9.05 Å². The van der Waals surface area contributed by atoms with Gasteiger partial charge in [0.15, 0.2) is 11.6 Å². The smallest absolute Gasteiger partial charge is 0.232 e. The van der Waals surface area contributed by atoms with Gasteiger partial charge in [0.05, 0.1) is 6.42 Å². The zero-order valence-electron chi connectivity index (χ0n) is 10.8. The molecule has 19 heavy (non-hydrogen) atoms. The topological polar surface area (TPSA) is 98.0 Å². The van der Waals surface area contributed by atoms with Crippen molar-refractivity contribution < 1.29 is 13.8 Å². The first-order valence-electron chi connectivity index (χ1n) is 5.99. The summed E-state index contributed by atoms with van der Waals surface area (Å²) in [5.74, 6) is 1.37. The number of hydrogen-bond donors (Lipinski definition) is 0. The minimum absolute atomic E-state index is 0.279. The molecule has 0 unspecified atom stereocenters. The van der Waals surface area contributed by atoms with E-state index in [0.29, 0.717) is 41.9 Å². The Bertz CT molecular complexity index is 582. The quantitative estimate of drug-likeness (QED) is 0.731. The molecule has 0 N–H and O–H groups in total. The molecule has 7 nitrogen and oxygen atoms in total. The Balaban J connectivity index is 2.01. The number of aryl methyl sites for hydroxylation is 1. The van der Waals surface area contributed by atoms with Gasteiger partial charge in [-0.05, 0) is 13.3 Å². The van der Waals surface area contributed by atoms with Crippen LogP contribution in [0.3, 0.4) is 0 Å². The van der Waals surface area contributed by atoms with Crippen LogP contribution in [0.4, 0.5) is 0 Å². The molecule has 0 radical (unpaired) electrons. The van der Waals surface area contributed by atoms with Gasteiger partial charge in [-0.1, -0.05) is 17.2 Å². The van der Waals surface area contributed by atoms with Gasteiger partial charge in [0.2, 0.25) is 5.89 Å². The second-order valence-corrected chi connectivity index (χ2v) is 4.01. The predicted octanol–water partition coefficient (Wildman–Crippen LogP) is 1.76. The summed E-state index contributed by atoms with van der Waals surface area (Å²) in [4.78, 5) is 4.17. The van der Waals surface area contributed by atoms with Crippen LogP contribution >= 0.6 is 0 Å². The third-order valence-corrected chi connectivity index (χ3v) is 2.45. The first-order chi connectivity index (χ1) is 9.24. The normalized spacial score (nSPS) is 10.6. The van der Waals surface area contributed by atoms with Crippen molar-refractivity contribution in [3.05, 3.63) is 28.7 Å². The molecule has 0 aliphatic rings. The lowest BCUT2D eigenvalue weighted by Crippen LogP contribution is -1.97. The highest BCUT2D eigenvalue weighted by atomic mass is 16.5. The summed E-state index contributed by atoms with van der Waals surface area (Å²) in [7, 11) is 0. The predicted molar refractivity (Wildman–Crippen MR) is 63.0 cm³/mol. The van der Waals surface area contributed by atoms with E-state index in [1.165, 1.54) is 0 Å². The van der Waals surface area contributed by atoms with Crippen molar-refractivity contribution in [1.82, 2.24) is 15.3 Å². The minimum Gasteiger partial charge on any atom is -0.373 e. The molecule has 2 heterocycles. The maximum atomic E-state index is 8.98. The number of ether oxygens (including phenoxy) is 1. The summed E-state index contributed by atoms with van der Waals surface area (Å²) in [5.41, 5.74) is 0.923. The fourth-order valence-corrected chi connectivity index (χ4v) is 1.55. The zero-order valence-corrected chi connectivity index (χ0v) is 10.8. The van der Waals surface area contributed by atoms with Crippen LogP contribution in [-0.2, 0) is 17.8 Å². The fraction of sp³-hybridized carbons (Fsp3) is 0.500. The lowest BCUT2D eigenvalue weighted by atomic mass is 10.2. The Morgan fingerprint density at radius 2 is 2.16 bits per heavy atom. The molecule has 0 aliphatic carbocycles. The molecular formula is C12H14N4O3. The molecule has 2 aromatic rings. The van der Waals surface area contributed by atoms with E-state index >= 15 is 0 Å². The van der Waals surface area contributed by atoms with E-state index in [1.54, 1.807) is 6.92 Å². The highest BCUT2D eigenvalue weighted by Crippen LogP contribution is 2.15. The Morgan fingerprint density at radius 1 is 1.32 bits per heavy atom. The molecule has 2 rings (SSSR count). The summed E-state index contributed by atoms with van der Waals surface area (Å²) in [6.07, 6.45) is 1.22. The van der Waals surface area contributed by atoms with Gasteiger partial charge >= 0.3 is 0 Å². The van der Waals surface area contributed by atoms with Gasteiger partial charge in [-0.3, -0.25) is 0 Å². The molecule has 100 valence electrons. The Morgan fingerprint density at radius 3 is 2.89 bits per heavy atom. The highest BCUT2D eigenvalue weighted by molar-refractivity contribution is 5.36. The van der Waals surface area contributed by atoms with Gasteiger partial charge in [-0.15, -0.1) is 0 Å². The van der Waals surface area contributed by atoms with Crippen LogP contribution in [0, 0.1) is 18.3 Å². The lowest BCUT2D eigenvalue weighted by molar-refractivity contribution is 0.114. The summed E-state index contributed by atoms with van der Waals surface area (Å²) in [5, 5.41) is 16.6. The largest absolute Gasteiger partial charge is 0.373 e. The number of aromatic nitrogens is 3. The number of rotatable bonds is 6. The number of hydrogen-bond acceptors (Lipinski definition) is 7. The maximum Gasteiger partial charge on any atom is 0.232 e. The Kier molecular flexibility index (Phi) is 4.26. The first-order valence-corrected chi connectivity index (χ1v) is 5.99. The van der Waals surface area contributed by atoms with Gasteiger partial charge in [-0.25, -0.2) is 0 Å². The molecule has 0 aromatic carbocycles. The van der Waals surface area contributed by atoms with E-state index in [-0.39, 0.29) is 6.42 Å². The van der Waals surface area contributed by atoms with E-state index < -0.39 is 0 Å². The SMILES string of the molecule is CCCOCc1noc(Cc2noc(C)c2C#N)n1. The number of nitrogens with zero attached hydrogens (tertiary/aromatic N) is 4. The molecule has 0 bridgehead atoms. The van der Waals surface area contributed by atoms with E-state index in [1.807, 2.05) is 13.0 Å². The van der Waals surface area contributed by atoms with Crippen molar-refractivity contribution in [2.75, 3.05) is 6.61 Å². The van der Waals surface area contributed by atoms with Crippen molar-refractivity contribution >= 4 is 0 Å². The van der Waals surface area contributed by atoms with Crippen molar-refractivity contribution in [2.45, 2.75) is 33.3 Å². The Labute approximate surface area is 110 Å². The number of nitriles is 1. The third-order valence-electron chi connectivity index (χ3n) is 2.45. The summed E-state index contributed by atoms with van der Waals surface area (Å²) < 4.78 is 15.3. The molecule has 0 amide bonds. The maximum absolute atomic E-state index is 8.98. The monoisotopic (exact) mass is 262 g/mol. The minimum atomic E-state index is 0.279. The molecule has 0 atom stereocenters. The van der Waals surface area contributed by atoms with E-state index in [9.17, 15) is 0 Å². The van der Waals surface area contributed by atoms with Crippen LogP contribution in [0.2, 0.25) is 0 Å². The van der Waals surface area contributed by atoms with Crippen LogP contribution in [0.1, 0.15) is 42.1 Å². The van der Waals surface area contributed by atoms with Crippen molar-refractivity contribution in [3.8, 4) is 6.07 Å². The van der Waals surface area contributed by atoms with Crippen LogP contribution in [-0.4, -0.2) is 21.9 Å². The van der Waals surface area contributed by atoms with Crippen LogP contribution < -0.4 is 0 Å². The fourth-order valence-electron chi connectivity index (χ4n) is 1.55. The molecule has 0 saturated heterocycles. The summed E-state index contributed by atoms with van der Waals surface area (Å²) in [6, 6.07) is 2.04. The highest BCUT2D eigenvalue weighted by Gasteiger charge is 2.16. The van der Waals surface area contributed by atoms with Crippen LogP contribution in [0.25, 0.3) is 0 Å². The van der Waals surface area contributed by atoms with Crippen molar-refractivity contribution in [3.63, 3.8) is 0 Å². The molecule has 0 saturated carbocycles. The molecule has 2 aromatic heterocycles. The van der Waals surface area contributed by atoms with E-state index in [0.717, 1.165) is 6.42 Å². The molecule has 0 spiro atoms. The summed E-state index contributed by atoms with van der Waals surface area (Å²) >= 11 is 0.